The van der Waals surface area contributed by atoms with Crippen molar-refractivity contribution < 1.29 is 9.53 Å². The molecule has 33 heavy (non-hydrogen) atoms. The van der Waals surface area contributed by atoms with E-state index in [1.54, 1.807) is 11.8 Å². The molecule has 0 saturated carbocycles. The summed E-state index contributed by atoms with van der Waals surface area (Å²) < 4.78 is 7.04. The number of carbonyl (C=O) groups excluding carboxylic acids is 1. The summed E-state index contributed by atoms with van der Waals surface area (Å²) in [4.78, 5) is 15.1. The molecule has 4 rings (SSSR count). The predicted octanol–water partition coefficient (Wildman–Crippen LogP) is 4.79. The number of carbonyl (C=O) groups is 1. The number of ether oxygens (including phenoxy) is 1. The number of aromatic nitrogens is 2. The molecule has 1 aliphatic heterocycles. The quantitative estimate of drug-likeness (QED) is 0.543. The molecule has 174 valence electrons. The molecule has 0 bridgehead atoms. The SMILES string of the molecule is COc1ccc(CN2CCC(CNC(=O)c3ccc(-n4nc(C)c(Cl)c4C)cc3)CC2)cc1. The van der Waals surface area contributed by atoms with Gasteiger partial charge in [0.25, 0.3) is 5.91 Å². The van der Waals surface area contributed by atoms with Crippen LogP contribution in [0.1, 0.15) is 40.2 Å². The molecule has 7 heteroatoms. The number of benzene rings is 2. The number of nitrogens with one attached hydrogen (secondary N) is 1. The third kappa shape index (κ3) is 5.57. The Morgan fingerprint density at radius 1 is 1.09 bits per heavy atom. The molecule has 1 aromatic heterocycles. The van der Waals surface area contributed by atoms with E-state index < -0.39 is 0 Å². The molecular formula is C26H31ClN4O2. The van der Waals surface area contributed by atoms with Gasteiger partial charge in [-0.15, -0.1) is 0 Å². The second-order valence-corrected chi connectivity index (χ2v) is 9.10. The van der Waals surface area contributed by atoms with Gasteiger partial charge in [-0.3, -0.25) is 9.69 Å². The number of hydrogen-bond donors (Lipinski definition) is 1. The minimum atomic E-state index is -0.0337. The summed E-state index contributed by atoms with van der Waals surface area (Å²) in [6, 6.07) is 15.8. The van der Waals surface area contributed by atoms with Gasteiger partial charge in [0.2, 0.25) is 0 Å². The highest BCUT2D eigenvalue weighted by molar-refractivity contribution is 6.31. The molecule has 6 nitrogen and oxygen atoms in total. The standard InChI is InChI=1S/C26H31ClN4O2/c1-18-25(27)19(2)31(29-18)23-8-6-22(7-9-23)26(32)28-16-20-12-14-30(15-13-20)17-21-4-10-24(33-3)11-5-21/h4-11,20H,12-17H2,1-3H3,(H,28,32). The lowest BCUT2D eigenvalue weighted by atomic mass is 9.96. The fraction of sp³-hybridized carbons (Fsp3) is 0.385. The van der Waals surface area contributed by atoms with Gasteiger partial charge in [0, 0.05) is 18.7 Å². The average molecular weight is 467 g/mol. The molecule has 1 N–H and O–H groups in total. The zero-order chi connectivity index (χ0) is 23.4. The Morgan fingerprint density at radius 2 is 1.76 bits per heavy atom. The van der Waals surface area contributed by atoms with Crippen LogP contribution in [0.4, 0.5) is 0 Å². The van der Waals surface area contributed by atoms with Crippen LogP contribution < -0.4 is 10.1 Å². The Bertz CT molecular complexity index is 1080. The monoisotopic (exact) mass is 466 g/mol. The summed E-state index contributed by atoms with van der Waals surface area (Å²) in [6.45, 7) is 7.58. The van der Waals surface area contributed by atoms with E-state index in [2.05, 4.69) is 27.4 Å². The molecule has 0 unspecified atom stereocenters. The minimum Gasteiger partial charge on any atom is -0.497 e. The Balaban J connectivity index is 1.24. The Labute approximate surface area is 200 Å². The molecule has 1 fully saturated rings. The first-order chi connectivity index (χ1) is 15.9. The summed E-state index contributed by atoms with van der Waals surface area (Å²) in [5.41, 5.74) is 4.54. The van der Waals surface area contributed by atoms with E-state index in [0.717, 1.165) is 55.3 Å². The van der Waals surface area contributed by atoms with Crippen molar-refractivity contribution >= 4 is 17.5 Å². The van der Waals surface area contributed by atoms with Gasteiger partial charge in [0.15, 0.2) is 0 Å². The lowest BCUT2D eigenvalue weighted by Crippen LogP contribution is -2.38. The molecule has 2 aromatic carbocycles. The van der Waals surface area contributed by atoms with Crippen LogP contribution in [-0.2, 0) is 6.54 Å². The van der Waals surface area contributed by atoms with E-state index in [0.29, 0.717) is 23.0 Å². The first-order valence-electron chi connectivity index (χ1n) is 11.4. The molecule has 0 aliphatic carbocycles. The van der Waals surface area contributed by atoms with Crippen molar-refractivity contribution in [2.24, 2.45) is 5.92 Å². The topological polar surface area (TPSA) is 59.4 Å². The third-order valence-electron chi connectivity index (χ3n) is 6.40. The van der Waals surface area contributed by atoms with E-state index in [9.17, 15) is 4.79 Å². The van der Waals surface area contributed by atoms with Crippen molar-refractivity contribution in [3.63, 3.8) is 0 Å². The number of nitrogens with zero attached hydrogens (tertiary/aromatic N) is 3. The van der Waals surface area contributed by atoms with Crippen LogP contribution >= 0.6 is 11.6 Å². The number of halogens is 1. The van der Waals surface area contributed by atoms with E-state index >= 15 is 0 Å². The van der Waals surface area contributed by atoms with Crippen LogP contribution in [0.25, 0.3) is 5.69 Å². The molecule has 1 saturated heterocycles. The molecule has 0 atom stereocenters. The number of rotatable bonds is 7. The van der Waals surface area contributed by atoms with E-state index in [1.807, 2.05) is 50.2 Å². The smallest absolute Gasteiger partial charge is 0.251 e. The van der Waals surface area contributed by atoms with Crippen molar-refractivity contribution in [1.29, 1.82) is 0 Å². The summed E-state index contributed by atoms with van der Waals surface area (Å²) in [6.07, 6.45) is 2.18. The zero-order valence-corrected chi connectivity index (χ0v) is 20.2. The van der Waals surface area contributed by atoms with Gasteiger partial charge in [-0.25, -0.2) is 4.68 Å². The van der Waals surface area contributed by atoms with Gasteiger partial charge in [-0.2, -0.15) is 5.10 Å². The van der Waals surface area contributed by atoms with Crippen LogP contribution in [0.5, 0.6) is 5.75 Å². The van der Waals surface area contributed by atoms with Gasteiger partial charge in [0.1, 0.15) is 5.75 Å². The van der Waals surface area contributed by atoms with Gasteiger partial charge in [-0.1, -0.05) is 23.7 Å². The highest BCUT2D eigenvalue weighted by atomic mass is 35.5. The average Bonchev–Trinajstić information content (AvgIpc) is 3.11. The zero-order valence-electron chi connectivity index (χ0n) is 19.5. The number of hydrogen-bond acceptors (Lipinski definition) is 4. The van der Waals surface area contributed by atoms with Gasteiger partial charge in [0.05, 0.1) is 29.2 Å². The molecule has 1 aliphatic rings. The van der Waals surface area contributed by atoms with Crippen LogP contribution in [0, 0.1) is 19.8 Å². The van der Waals surface area contributed by atoms with Crippen LogP contribution in [0.15, 0.2) is 48.5 Å². The minimum absolute atomic E-state index is 0.0337. The molecule has 0 radical (unpaired) electrons. The predicted molar refractivity (Wildman–Crippen MR) is 131 cm³/mol. The summed E-state index contributed by atoms with van der Waals surface area (Å²) in [7, 11) is 1.69. The number of amides is 1. The fourth-order valence-corrected chi connectivity index (χ4v) is 4.42. The number of methoxy groups -OCH3 is 1. The van der Waals surface area contributed by atoms with Crippen LogP contribution in [0.2, 0.25) is 5.02 Å². The number of likely N-dealkylation sites (tertiary alicyclic amines) is 1. The summed E-state index contributed by atoms with van der Waals surface area (Å²) >= 11 is 6.25. The Morgan fingerprint density at radius 3 is 2.33 bits per heavy atom. The van der Waals surface area contributed by atoms with E-state index in [1.165, 1.54) is 5.56 Å². The lowest BCUT2D eigenvalue weighted by molar-refractivity contribution is 0.0935. The maximum Gasteiger partial charge on any atom is 0.251 e. The number of aryl methyl sites for hydroxylation is 1. The van der Waals surface area contributed by atoms with Gasteiger partial charge < -0.3 is 10.1 Å². The second kappa shape index (κ2) is 10.4. The van der Waals surface area contributed by atoms with Crippen molar-refractivity contribution in [2.75, 3.05) is 26.7 Å². The maximum absolute atomic E-state index is 12.6. The lowest BCUT2D eigenvalue weighted by Gasteiger charge is -2.32. The molecule has 2 heterocycles. The van der Waals surface area contributed by atoms with Crippen molar-refractivity contribution in [1.82, 2.24) is 20.0 Å². The molecule has 1 amide bonds. The molecule has 0 spiro atoms. The van der Waals surface area contributed by atoms with Gasteiger partial charge >= 0.3 is 0 Å². The second-order valence-electron chi connectivity index (χ2n) is 8.72. The normalized spacial score (nSPS) is 14.9. The summed E-state index contributed by atoms with van der Waals surface area (Å²) in [5.74, 6) is 1.37. The first-order valence-corrected chi connectivity index (χ1v) is 11.8. The third-order valence-corrected chi connectivity index (χ3v) is 6.95. The molecule has 3 aromatic rings. The first kappa shape index (κ1) is 23.3. The Kier molecular flexibility index (Phi) is 7.36. The van der Waals surface area contributed by atoms with E-state index in [-0.39, 0.29) is 5.91 Å². The van der Waals surface area contributed by atoms with Crippen molar-refractivity contribution in [3.8, 4) is 11.4 Å². The highest BCUT2D eigenvalue weighted by Gasteiger charge is 2.20. The van der Waals surface area contributed by atoms with Crippen LogP contribution in [-0.4, -0.2) is 47.3 Å². The summed E-state index contributed by atoms with van der Waals surface area (Å²) in [5, 5.41) is 8.25. The van der Waals surface area contributed by atoms with Crippen LogP contribution in [0.3, 0.4) is 0 Å². The van der Waals surface area contributed by atoms with Gasteiger partial charge in [-0.05, 0) is 87.7 Å². The molecular weight excluding hydrogens is 436 g/mol. The largest absolute Gasteiger partial charge is 0.497 e. The van der Waals surface area contributed by atoms with Crippen molar-refractivity contribution in [2.45, 2.75) is 33.2 Å². The highest BCUT2D eigenvalue weighted by Crippen LogP contribution is 2.23. The Hall–Kier alpha value is -2.83. The maximum atomic E-state index is 12.6. The van der Waals surface area contributed by atoms with Crippen molar-refractivity contribution in [3.05, 3.63) is 76.1 Å². The van der Waals surface area contributed by atoms with E-state index in [4.69, 9.17) is 16.3 Å². The number of piperidine rings is 1. The fourth-order valence-electron chi connectivity index (χ4n) is 4.31.